The summed E-state index contributed by atoms with van der Waals surface area (Å²) in [5.41, 5.74) is 2.67. The molecule has 0 unspecified atom stereocenters. The van der Waals surface area contributed by atoms with Crippen LogP contribution in [-0.2, 0) is 16.8 Å². The van der Waals surface area contributed by atoms with Gasteiger partial charge in [-0.3, -0.25) is 4.79 Å². The van der Waals surface area contributed by atoms with E-state index in [-0.39, 0.29) is 36.0 Å². The number of rotatable bonds is 7. The van der Waals surface area contributed by atoms with Crippen LogP contribution >= 0.6 is 0 Å². The van der Waals surface area contributed by atoms with Gasteiger partial charge in [0.15, 0.2) is 0 Å². The molecule has 206 valence electrons. The normalized spacial score (nSPS) is 21.8. The largest absolute Gasteiger partial charge is 0.368 e. The number of carbonyl (C=O) groups is 1. The molecule has 0 aliphatic carbocycles. The molecule has 39 heavy (non-hydrogen) atoms. The first-order valence-electron chi connectivity index (χ1n) is 13.2. The highest BCUT2D eigenvalue weighted by atomic mass is 19.1. The zero-order valence-electron chi connectivity index (χ0n) is 22.5. The Bertz CT molecular complexity index is 1500. The molecule has 0 aromatic carbocycles. The van der Waals surface area contributed by atoms with Crippen LogP contribution in [0.1, 0.15) is 55.1 Å². The summed E-state index contributed by atoms with van der Waals surface area (Å²) >= 11 is 0. The first-order valence-corrected chi connectivity index (χ1v) is 13.2. The van der Waals surface area contributed by atoms with Crippen LogP contribution < -0.4 is 10.6 Å². The molecule has 0 saturated carbocycles. The van der Waals surface area contributed by atoms with E-state index in [9.17, 15) is 9.18 Å². The summed E-state index contributed by atoms with van der Waals surface area (Å²) in [5, 5.41) is 15.1. The summed E-state index contributed by atoms with van der Waals surface area (Å²) in [6, 6.07) is 7.23. The minimum absolute atomic E-state index is 0.0793. The average Bonchev–Trinajstić information content (AvgIpc) is 3.29. The molecule has 2 saturated heterocycles. The Morgan fingerprint density at radius 2 is 2.08 bits per heavy atom. The molecule has 2 N–H and O–H groups in total. The lowest BCUT2D eigenvalue weighted by molar-refractivity contribution is 0.0946. The number of hydrogen-bond acceptors (Lipinski definition) is 8. The molecular formula is C27H33FN8O3. The summed E-state index contributed by atoms with van der Waals surface area (Å²) in [5.74, 6) is 1.03. The molecule has 3 atom stereocenters. The summed E-state index contributed by atoms with van der Waals surface area (Å²) in [7, 11) is 1.93. The van der Waals surface area contributed by atoms with Gasteiger partial charge in [-0.1, -0.05) is 11.2 Å². The van der Waals surface area contributed by atoms with Crippen LogP contribution in [-0.4, -0.2) is 74.1 Å². The molecule has 2 aliphatic rings. The maximum absolute atomic E-state index is 14.7. The third-order valence-electron chi connectivity index (χ3n) is 7.24. The summed E-state index contributed by atoms with van der Waals surface area (Å²) in [6.45, 7) is 8.08. The molecule has 0 radical (unpaired) electrons. The Labute approximate surface area is 225 Å². The number of pyridine rings is 1. The fourth-order valence-corrected chi connectivity index (χ4v) is 4.93. The first-order chi connectivity index (χ1) is 18.7. The van der Waals surface area contributed by atoms with Crippen molar-refractivity contribution in [2.75, 3.05) is 32.1 Å². The van der Waals surface area contributed by atoms with Crippen LogP contribution in [0.4, 0.5) is 10.2 Å². The van der Waals surface area contributed by atoms with Crippen LogP contribution in [0.5, 0.6) is 0 Å². The SMILES string of the molecule is CN1CC[C@@H](Nc2cccc3c([C@@H]4CO4)c(-c4noc(CNC(=O)c5ccn(C(C)(C)C)c5)n4)nn23)[C@@H](F)C1. The van der Waals surface area contributed by atoms with Gasteiger partial charge in [-0.25, -0.2) is 8.91 Å². The van der Waals surface area contributed by atoms with E-state index in [1.807, 2.05) is 47.1 Å². The number of hydrogen-bond donors (Lipinski definition) is 2. The number of fused-ring (bicyclic) bond motifs is 1. The van der Waals surface area contributed by atoms with Crippen molar-refractivity contribution in [1.29, 1.82) is 0 Å². The topological polar surface area (TPSA) is 118 Å². The summed E-state index contributed by atoms with van der Waals surface area (Å²) < 4.78 is 29.6. The van der Waals surface area contributed by atoms with Gasteiger partial charge in [-0.15, -0.1) is 0 Å². The number of ether oxygens (including phenoxy) is 1. The lowest BCUT2D eigenvalue weighted by atomic mass is 10.0. The van der Waals surface area contributed by atoms with Crippen molar-refractivity contribution < 1.29 is 18.4 Å². The Balaban J connectivity index is 1.22. The molecule has 1 amide bonds. The summed E-state index contributed by atoms with van der Waals surface area (Å²) in [4.78, 5) is 19.2. The van der Waals surface area contributed by atoms with Gasteiger partial charge in [0.2, 0.25) is 11.7 Å². The second-order valence-electron chi connectivity index (χ2n) is 11.3. The number of amides is 1. The lowest BCUT2D eigenvalue weighted by Gasteiger charge is -2.33. The van der Waals surface area contributed by atoms with Crippen LogP contribution in [0.25, 0.3) is 17.0 Å². The van der Waals surface area contributed by atoms with E-state index in [2.05, 4.69) is 41.5 Å². The number of nitrogens with zero attached hydrogens (tertiary/aromatic N) is 6. The number of aromatic nitrogens is 5. The van der Waals surface area contributed by atoms with Crippen LogP contribution in [0, 0.1) is 0 Å². The van der Waals surface area contributed by atoms with Crippen molar-refractivity contribution in [2.24, 2.45) is 0 Å². The van der Waals surface area contributed by atoms with Crippen molar-refractivity contribution in [3.8, 4) is 11.5 Å². The maximum Gasteiger partial charge on any atom is 0.253 e. The summed E-state index contributed by atoms with van der Waals surface area (Å²) in [6.07, 6.45) is 3.28. The van der Waals surface area contributed by atoms with Crippen LogP contribution in [0.15, 0.2) is 41.2 Å². The zero-order chi connectivity index (χ0) is 27.3. The van der Waals surface area contributed by atoms with E-state index >= 15 is 0 Å². The Morgan fingerprint density at radius 1 is 1.26 bits per heavy atom. The second kappa shape index (κ2) is 9.76. The monoisotopic (exact) mass is 536 g/mol. The predicted octanol–water partition coefficient (Wildman–Crippen LogP) is 3.40. The minimum atomic E-state index is -0.984. The van der Waals surface area contributed by atoms with Gasteiger partial charge in [-0.05, 0) is 52.4 Å². The van der Waals surface area contributed by atoms with Gasteiger partial charge in [0.05, 0.1) is 30.3 Å². The second-order valence-corrected chi connectivity index (χ2v) is 11.3. The van der Waals surface area contributed by atoms with Gasteiger partial charge in [-0.2, -0.15) is 10.1 Å². The molecule has 11 nitrogen and oxygen atoms in total. The van der Waals surface area contributed by atoms with Crippen molar-refractivity contribution in [3.05, 3.63) is 53.7 Å². The van der Waals surface area contributed by atoms with Crippen LogP contribution in [0.2, 0.25) is 0 Å². The number of nitrogens with one attached hydrogen (secondary N) is 2. The zero-order valence-corrected chi connectivity index (χ0v) is 22.5. The molecule has 4 aromatic heterocycles. The number of piperidine rings is 1. The number of epoxide rings is 1. The van der Waals surface area contributed by atoms with Gasteiger partial charge in [0, 0.05) is 36.6 Å². The van der Waals surface area contributed by atoms with Gasteiger partial charge >= 0.3 is 0 Å². The van der Waals surface area contributed by atoms with Gasteiger partial charge < -0.3 is 29.4 Å². The maximum atomic E-state index is 14.7. The third-order valence-corrected chi connectivity index (χ3v) is 7.24. The number of alkyl halides is 1. The molecular weight excluding hydrogens is 503 g/mol. The number of anilines is 1. The van der Waals surface area contributed by atoms with Crippen molar-refractivity contribution in [2.45, 2.75) is 57.6 Å². The number of carbonyl (C=O) groups excluding carboxylic acids is 1. The molecule has 4 aromatic rings. The van der Waals surface area contributed by atoms with Crippen molar-refractivity contribution in [3.63, 3.8) is 0 Å². The molecule has 0 bridgehead atoms. The average molecular weight is 537 g/mol. The smallest absolute Gasteiger partial charge is 0.253 e. The molecule has 2 fully saturated rings. The highest BCUT2D eigenvalue weighted by Crippen LogP contribution is 2.39. The van der Waals surface area contributed by atoms with Crippen LogP contribution in [0.3, 0.4) is 0 Å². The van der Waals surface area contributed by atoms with Gasteiger partial charge in [0.25, 0.3) is 5.91 Å². The van der Waals surface area contributed by atoms with Crippen molar-refractivity contribution in [1.82, 2.24) is 34.5 Å². The first kappa shape index (κ1) is 25.5. The number of halogens is 1. The molecule has 2 aliphatic heterocycles. The molecule has 6 rings (SSSR count). The van der Waals surface area contributed by atoms with E-state index < -0.39 is 6.17 Å². The fourth-order valence-electron chi connectivity index (χ4n) is 4.93. The third kappa shape index (κ3) is 5.13. The standard InChI is InChI=1S/C27H33FN8O3/c1-27(2,3)35-11-8-16(13-35)26(37)29-12-22-31-25(33-39-22)24-23(20-15-38-20)19-6-5-7-21(36(19)32-24)30-18-9-10-34(4)14-17(18)28/h5-8,11,13,17-18,20,30H,9-10,12,14-15H2,1-4H3,(H,29,37)/t17-,18+,20-/m0/s1. The van der Waals surface area contributed by atoms with E-state index in [0.29, 0.717) is 42.5 Å². The van der Waals surface area contributed by atoms with E-state index in [0.717, 1.165) is 17.6 Å². The fraction of sp³-hybridized carbons (Fsp3) is 0.481. The quantitative estimate of drug-likeness (QED) is 0.345. The Kier molecular flexibility index (Phi) is 6.38. The Hall–Kier alpha value is -3.77. The molecule has 12 heteroatoms. The highest BCUT2D eigenvalue weighted by molar-refractivity contribution is 5.93. The van der Waals surface area contributed by atoms with E-state index in [1.54, 1.807) is 10.6 Å². The van der Waals surface area contributed by atoms with E-state index in [4.69, 9.17) is 14.4 Å². The highest BCUT2D eigenvalue weighted by Gasteiger charge is 2.35. The predicted molar refractivity (Wildman–Crippen MR) is 142 cm³/mol. The number of likely N-dealkylation sites (tertiary alicyclic amines) is 1. The lowest BCUT2D eigenvalue weighted by Crippen LogP contribution is -2.46. The minimum Gasteiger partial charge on any atom is -0.368 e. The van der Waals surface area contributed by atoms with E-state index in [1.165, 1.54) is 0 Å². The molecule has 0 spiro atoms. The Morgan fingerprint density at radius 3 is 2.79 bits per heavy atom. The molecule has 6 heterocycles. The van der Waals surface area contributed by atoms with Gasteiger partial charge in [0.1, 0.15) is 23.8 Å². The van der Waals surface area contributed by atoms with Crippen molar-refractivity contribution >= 4 is 17.2 Å².